The van der Waals surface area contributed by atoms with E-state index in [1.807, 2.05) is 4.90 Å². The number of amides is 2. The van der Waals surface area contributed by atoms with Crippen LogP contribution in [0.5, 0.6) is 0 Å². The Hall–Kier alpha value is -3.15. The highest BCUT2D eigenvalue weighted by atomic mass is 19.1. The van der Waals surface area contributed by atoms with Gasteiger partial charge in [0.15, 0.2) is 0 Å². The number of aromatic nitrogens is 1. The first-order chi connectivity index (χ1) is 13.0. The zero-order valence-corrected chi connectivity index (χ0v) is 15.0. The minimum Gasteiger partial charge on any atom is -0.358 e. The number of carbonyl (C=O) groups is 2. The first-order valence-corrected chi connectivity index (χ1v) is 9.01. The maximum Gasteiger partial charge on any atom is 0.258 e. The zero-order valence-electron chi connectivity index (χ0n) is 15.0. The fraction of sp³-hybridized carbons (Fsp3) is 0.238. The Morgan fingerprint density at radius 1 is 1.11 bits per heavy atom. The van der Waals surface area contributed by atoms with Crippen LogP contribution in [0.15, 0.2) is 42.5 Å². The molecule has 1 aliphatic rings. The average Bonchev–Trinajstić information content (AvgIpc) is 3.28. The lowest BCUT2D eigenvalue weighted by Gasteiger charge is -2.15. The third-order valence-electron chi connectivity index (χ3n) is 4.94. The number of likely N-dealkylation sites (tertiary alicyclic amines) is 1. The summed E-state index contributed by atoms with van der Waals surface area (Å²) in [5.41, 5.74) is 2.86. The normalized spacial score (nSPS) is 13.9. The number of benzene rings is 2. The van der Waals surface area contributed by atoms with Gasteiger partial charge in [0.1, 0.15) is 5.82 Å². The van der Waals surface area contributed by atoms with E-state index in [4.69, 9.17) is 0 Å². The number of halogens is 1. The number of H-pyrrole nitrogens is 1. The van der Waals surface area contributed by atoms with Crippen molar-refractivity contribution in [2.45, 2.75) is 19.8 Å². The van der Waals surface area contributed by atoms with E-state index in [0.29, 0.717) is 33.4 Å². The van der Waals surface area contributed by atoms with Crippen molar-refractivity contribution in [3.05, 3.63) is 65.1 Å². The maximum absolute atomic E-state index is 13.6. The largest absolute Gasteiger partial charge is 0.358 e. The Labute approximate surface area is 156 Å². The molecule has 2 heterocycles. The molecule has 0 unspecified atom stereocenters. The van der Waals surface area contributed by atoms with Crippen LogP contribution < -0.4 is 5.32 Å². The van der Waals surface area contributed by atoms with Crippen LogP contribution in [0, 0.1) is 12.7 Å². The third-order valence-corrected chi connectivity index (χ3v) is 4.94. The molecule has 0 saturated carbocycles. The van der Waals surface area contributed by atoms with E-state index in [-0.39, 0.29) is 11.8 Å². The molecule has 0 aliphatic carbocycles. The van der Waals surface area contributed by atoms with Gasteiger partial charge in [-0.25, -0.2) is 4.39 Å². The molecule has 6 heteroatoms. The predicted octanol–water partition coefficient (Wildman–Crippen LogP) is 4.10. The van der Waals surface area contributed by atoms with Crippen molar-refractivity contribution in [1.82, 2.24) is 9.88 Å². The van der Waals surface area contributed by atoms with Crippen LogP contribution in [-0.4, -0.2) is 34.8 Å². The second-order valence-electron chi connectivity index (χ2n) is 6.85. The Balaban J connectivity index is 1.60. The third kappa shape index (κ3) is 3.30. The summed E-state index contributed by atoms with van der Waals surface area (Å²) in [6, 6.07) is 11.2. The lowest BCUT2D eigenvalue weighted by molar-refractivity contribution is 0.0792. The standard InChI is InChI=1S/C21H20FN3O2/c1-13-19(17-12-15(22)7-8-18(17)23-13)20(26)24-16-6-4-5-14(11-16)21(27)25-9-2-3-10-25/h4-8,11-12,23H,2-3,9-10H2,1H3,(H,24,26). The molecule has 1 aliphatic heterocycles. The smallest absolute Gasteiger partial charge is 0.258 e. The number of hydrogen-bond acceptors (Lipinski definition) is 2. The molecule has 0 atom stereocenters. The van der Waals surface area contributed by atoms with Crippen molar-refractivity contribution >= 4 is 28.4 Å². The molecule has 2 N–H and O–H groups in total. The highest BCUT2D eigenvalue weighted by molar-refractivity contribution is 6.14. The van der Waals surface area contributed by atoms with Crippen molar-refractivity contribution in [1.29, 1.82) is 0 Å². The molecule has 0 bridgehead atoms. The minimum atomic E-state index is -0.395. The summed E-state index contributed by atoms with van der Waals surface area (Å²) in [6.45, 7) is 3.32. The summed E-state index contributed by atoms with van der Waals surface area (Å²) in [5.74, 6) is -0.752. The van der Waals surface area contributed by atoms with Gasteiger partial charge >= 0.3 is 0 Å². The van der Waals surface area contributed by atoms with E-state index in [0.717, 1.165) is 25.9 Å². The first kappa shape index (κ1) is 17.3. The molecular weight excluding hydrogens is 345 g/mol. The van der Waals surface area contributed by atoms with E-state index in [2.05, 4.69) is 10.3 Å². The molecule has 0 spiro atoms. The molecule has 5 nitrogen and oxygen atoms in total. The topological polar surface area (TPSA) is 65.2 Å². The quantitative estimate of drug-likeness (QED) is 0.734. The monoisotopic (exact) mass is 365 g/mol. The van der Waals surface area contributed by atoms with Crippen molar-refractivity contribution in [3.63, 3.8) is 0 Å². The van der Waals surface area contributed by atoms with Crippen LogP contribution in [0.1, 0.15) is 39.3 Å². The average molecular weight is 365 g/mol. The number of nitrogens with zero attached hydrogens (tertiary/aromatic N) is 1. The Kier molecular flexibility index (Phi) is 4.39. The number of fused-ring (bicyclic) bond motifs is 1. The summed E-state index contributed by atoms with van der Waals surface area (Å²) in [6.07, 6.45) is 2.05. The highest BCUT2D eigenvalue weighted by Crippen LogP contribution is 2.24. The fourth-order valence-electron chi connectivity index (χ4n) is 3.62. The van der Waals surface area contributed by atoms with Gasteiger partial charge in [0.05, 0.1) is 5.56 Å². The molecular formula is C21H20FN3O2. The number of hydrogen-bond donors (Lipinski definition) is 2. The molecule has 2 aromatic carbocycles. The summed E-state index contributed by atoms with van der Waals surface area (Å²) >= 11 is 0. The van der Waals surface area contributed by atoms with Crippen molar-refractivity contribution in [3.8, 4) is 0 Å². The van der Waals surface area contributed by atoms with Crippen LogP contribution in [0.2, 0.25) is 0 Å². The molecule has 27 heavy (non-hydrogen) atoms. The molecule has 138 valence electrons. The number of aryl methyl sites for hydroxylation is 1. The highest BCUT2D eigenvalue weighted by Gasteiger charge is 2.21. The van der Waals surface area contributed by atoms with Crippen molar-refractivity contribution in [2.75, 3.05) is 18.4 Å². The second kappa shape index (κ2) is 6.87. The van der Waals surface area contributed by atoms with Crippen LogP contribution in [-0.2, 0) is 0 Å². The van der Waals surface area contributed by atoms with Gasteiger partial charge in [-0.15, -0.1) is 0 Å². The van der Waals surface area contributed by atoms with E-state index < -0.39 is 5.82 Å². The lowest BCUT2D eigenvalue weighted by atomic mass is 10.1. The molecule has 2 amide bonds. The van der Waals surface area contributed by atoms with Gasteiger partial charge in [0, 0.05) is 40.9 Å². The van der Waals surface area contributed by atoms with Gasteiger partial charge in [0.25, 0.3) is 11.8 Å². The lowest BCUT2D eigenvalue weighted by Crippen LogP contribution is -2.27. The Bertz CT molecular complexity index is 1040. The van der Waals surface area contributed by atoms with Crippen LogP contribution in [0.3, 0.4) is 0 Å². The SMILES string of the molecule is Cc1[nH]c2ccc(F)cc2c1C(=O)Nc1cccc(C(=O)N2CCCC2)c1. The van der Waals surface area contributed by atoms with Gasteiger partial charge in [-0.05, 0) is 56.2 Å². The van der Waals surface area contributed by atoms with E-state index in [9.17, 15) is 14.0 Å². The van der Waals surface area contributed by atoms with Gasteiger partial charge in [-0.2, -0.15) is 0 Å². The number of rotatable bonds is 3. The van der Waals surface area contributed by atoms with E-state index >= 15 is 0 Å². The zero-order chi connectivity index (χ0) is 19.0. The van der Waals surface area contributed by atoms with Crippen LogP contribution in [0.25, 0.3) is 10.9 Å². The van der Waals surface area contributed by atoms with E-state index in [1.54, 1.807) is 37.3 Å². The molecule has 1 fully saturated rings. The molecule has 3 aromatic rings. The maximum atomic E-state index is 13.6. The van der Waals surface area contributed by atoms with Gasteiger partial charge in [0.2, 0.25) is 0 Å². The van der Waals surface area contributed by atoms with Gasteiger partial charge in [-0.1, -0.05) is 6.07 Å². The fourth-order valence-corrected chi connectivity index (χ4v) is 3.62. The van der Waals surface area contributed by atoms with Crippen LogP contribution >= 0.6 is 0 Å². The molecule has 0 radical (unpaired) electrons. The van der Waals surface area contributed by atoms with Crippen molar-refractivity contribution in [2.24, 2.45) is 0 Å². The number of nitrogens with one attached hydrogen (secondary N) is 2. The summed E-state index contributed by atoms with van der Waals surface area (Å²) < 4.78 is 13.6. The first-order valence-electron chi connectivity index (χ1n) is 9.01. The molecule has 1 saturated heterocycles. The number of anilines is 1. The summed E-state index contributed by atoms with van der Waals surface area (Å²) in [7, 11) is 0. The minimum absolute atomic E-state index is 0.0195. The van der Waals surface area contributed by atoms with E-state index in [1.165, 1.54) is 12.1 Å². The summed E-state index contributed by atoms with van der Waals surface area (Å²) in [4.78, 5) is 30.3. The van der Waals surface area contributed by atoms with Crippen LogP contribution in [0.4, 0.5) is 10.1 Å². The predicted molar refractivity (Wildman–Crippen MR) is 103 cm³/mol. The molecule has 1 aromatic heterocycles. The van der Waals surface area contributed by atoms with Gasteiger partial charge in [-0.3, -0.25) is 9.59 Å². The second-order valence-corrected chi connectivity index (χ2v) is 6.85. The number of carbonyl (C=O) groups excluding carboxylic acids is 2. The van der Waals surface area contributed by atoms with Gasteiger partial charge < -0.3 is 15.2 Å². The number of aromatic amines is 1. The summed E-state index contributed by atoms with van der Waals surface area (Å²) in [5, 5.41) is 3.37. The van der Waals surface area contributed by atoms with Crippen molar-refractivity contribution < 1.29 is 14.0 Å². The Morgan fingerprint density at radius 3 is 2.67 bits per heavy atom. The Morgan fingerprint density at radius 2 is 1.89 bits per heavy atom. The molecule has 4 rings (SSSR count).